The molecule has 3 heteroatoms. The van der Waals surface area contributed by atoms with Crippen LogP contribution in [0.25, 0.3) is 0 Å². The number of pyridine rings is 1. The van der Waals surface area contributed by atoms with E-state index in [1.807, 2.05) is 43.4 Å². The average molecular weight is 228 g/mol. The molecule has 2 rings (SSSR count). The standard InChI is InChI=1S/C14H16N2O/c1-16(10-12-6-8-15-9-7-12)14-5-3-2-4-13(14)11-17/h2-9,17H,10-11H2,1H3. The van der Waals surface area contributed by atoms with Gasteiger partial charge in [0.05, 0.1) is 6.61 Å². The van der Waals surface area contributed by atoms with Crippen molar-refractivity contribution in [2.45, 2.75) is 13.2 Å². The molecule has 2 aromatic rings. The van der Waals surface area contributed by atoms with Crippen LogP contribution >= 0.6 is 0 Å². The van der Waals surface area contributed by atoms with E-state index in [1.165, 1.54) is 5.56 Å². The fraction of sp³-hybridized carbons (Fsp3) is 0.214. The molecule has 0 fully saturated rings. The SMILES string of the molecule is CN(Cc1ccncc1)c1ccccc1CO. The highest BCUT2D eigenvalue weighted by atomic mass is 16.3. The first-order chi connectivity index (χ1) is 8.31. The van der Waals surface area contributed by atoms with Gasteiger partial charge in [0, 0.05) is 37.2 Å². The lowest BCUT2D eigenvalue weighted by molar-refractivity contribution is 0.282. The van der Waals surface area contributed by atoms with Crippen molar-refractivity contribution in [2.24, 2.45) is 0 Å². The van der Waals surface area contributed by atoms with Crippen molar-refractivity contribution in [2.75, 3.05) is 11.9 Å². The summed E-state index contributed by atoms with van der Waals surface area (Å²) >= 11 is 0. The maximum atomic E-state index is 9.30. The number of aliphatic hydroxyl groups excluding tert-OH is 1. The summed E-state index contributed by atoms with van der Waals surface area (Å²) in [6.45, 7) is 0.871. The van der Waals surface area contributed by atoms with Gasteiger partial charge in [0.15, 0.2) is 0 Å². The van der Waals surface area contributed by atoms with Crippen molar-refractivity contribution in [1.82, 2.24) is 4.98 Å². The molecule has 0 unspecified atom stereocenters. The van der Waals surface area contributed by atoms with Crippen LogP contribution in [0.4, 0.5) is 5.69 Å². The van der Waals surface area contributed by atoms with Crippen molar-refractivity contribution >= 4 is 5.69 Å². The Kier molecular flexibility index (Phi) is 3.73. The van der Waals surface area contributed by atoms with E-state index < -0.39 is 0 Å². The molecule has 0 amide bonds. The molecule has 3 nitrogen and oxygen atoms in total. The van der Waals surface area contributed by atoms with E-state index in [0.29, 0.717) is 0 Å². The Morgan fingerprint density at radius 3 is 2.53 bits per heavy atom. The van der Waals surface area contributed by atoms with Gasteiger partial charge >= 0.3 is 0 Å². The van der Waals surface area contributed by atoms with Crippen LogP contribution in [0, 0.1) is 0 Å². The molecule has 1 aromatic heterocycles. The number of hydrogen-bond acceptors (Lipinski definition) is 3. The van der Waals surface area contributed by atoms with E-state index in [4.69, 9.17) is 0 Å². The molecule has 0 bridgehead atoms. The zero-order valence-electron chi connectivity index (χ0n) is 9.87. The van der Waals surface area contributed by atoms with Crippen LogP contribution in [-0.4, -0.2) is 17.1 Å². The summed E-state index contributed by atoms with van der Waals surface area (Å²) in [4.78, 5) is 6.13. The third-order valence-corrected chi connectivity index (χ3v) is 2.74. The van der Waals surface area contributed by atoms with E-state index in [0.717, 1.165) is 17.8 Å². The number of nitrogens with zero attached hydrogens (tertiary/aromatic N) is 2. The molecule has 0 atom stereocenters. The summed E-state index contributed by atoms with van der Waals surface area (Å²) in [6.07, 6.45) is 3.59. The van der Waals surface area contributed by atoms with Crippen molar-refractivity contribution in [3.8, 4) is 0 Å². The second kappa shape index (κ2) is 5.46. The van der Waals surface area contributed by atoms with Crippen molar-refractivity contribution < 1.29 is 5.11 Å². The van der Waals surface area contributed by atoms with Gasteiger partial charge in [-0.15, -0.1) is 0 Å². The van der Waals surface area contributed by atoms with Crippen LogP contribution in [0.5, 0.6) is 0 Å². The van der Waals surface area contributed by atoms with E-state index >= 15 is 0 Å². The van der Waals surface area contributed by atoms with E-state index in [9.17, 15) is 5.11 Å². The number of anilines is 1. The van der Waals surface area contributed by atoms with Crippen LogP contribution in [0.3, 0.4) is 0 Å². The molecule has 1 aromatic carbocycles. The van der Waals surface area contributed by atoms with Crippen molar-refractivity contribution in [3.05, 3.63) is 59.9 Å². The van der Waals surface area contributed by atoms with Gasteiger partial charge in [-0.3, -0.25) is 4.98 Å². The zero-order chi connectivity index (χ0) is 12.1. The molecular weight excluding hydrogens is 212 g/mol. The second-order valence-corrected chi connectivity index (χ2v) is 4.00. The topological polar surface area (TPSA) is 36.4 Å². The fourth-order valence-electron chi connectivity index (χ4n) is 1.86. The van der Waals surface area contributed by atoms with Gasteiger partial charge in [-0.25, -0.2) is 0 Å². The molecule has 1 N–H and O–H groups in total. The average Bonchev–Trinajstić information content (AvgIpc) is 2.40. The van der Waals surface area contributed by atoms with E-state index in [2.05, 4.69) is 9.88 Å². The minimum Gasteiger partial charge on any atom is -0.392 e. The molecule has 0 saturated heterocycles. The van der Waals surface area contributed by atoms with Crippen LogP contribution in [-0.2, 0) is 13.2 Å². The van der Waals surface area contributed by atoms with Crippen LogP contribution < -0.4 is 4.90 Å². The quantitative estimate of drug-likeness (QED) is 0.871. The fourth-order valence-corrected chi connectivity index (χ4v) is 1.86. The summed E-state index contributed by atoms with van der Waals surface area (Å²) in [6, 6.07) is 11.9. The van der Waals surface area contributed by atoms with Gasteiger partial charge < -0.3 is 10.0 Å². The number of hydrogen-bond donors (Lipinski definition) is 1. The van der Waals surface area contributed by atoms with Crippen LogP contribution in [0.15, 0.2) is 48.8 Å². The van der Waals surface area contributed by atoms with Gasteiger partial charge in [0.25, 0.3) is 0 Å². The van der Waals surface area contributed by atoms with Gasteiger partial charge in [0.1, 0.15) is 0 Å². The smallest absolute Gasteiger partial charge is 0.0702 e. The summed E-state index contributed by atoms with van der Waals surface area (Å²) < 4.78 is 0. The summed E-state index contributed by atoms with van der Waals surface area (Å²) in [5.41, 5.74) is 3.21. The van der Waals surface area contributed by atoms with E-state index in [1.54, 1.807) is 12.4 Å². The molecule has 0 saturated carbocycles. The predicted molar refractivity (Wildman–Crippen MR) is 68.7 cm³/mol. The monoisotopic (exact) mass is 228 g/mol. The molecule has 88 valence electrons. The van der Waals surface area contributed by atoms with Crippen LogP contribution in [0.1, 0.15) is 11.1 Å². The summed E-state index contributed by atoms with van der Waals surface area (Å²) in [5.74, 6) is 0. The first kappa shape index (κ1) is 11.6. The third-order valence-electron chi connectivity index (χ3n) is 2.74. The Balaban J connectivity index is 2.17. The molecule has 17 heavy (non-hydrogen) atoms. The maximum Gasteiger partial charge on any atom is 0.0702 e. The maximum absolute atomic E-state index is 9.30. The number of aromatic nitrogens is 1. The highest BCUT2D eigenvalue weighted by molar-refractivity contribution is 5.53. The Bertz CT molecular complexity index is 471. The highest BCUT2D eigenvalue weighted by Crippen LogP contribution is 2.20. The van der Waals surface area contributed by atoms with Gasteiger partial charge in [-0.05, 0) is 23.8 Å². The summed E-state index contributed by atoms with van der Waals surface area (Å²) in [5, 5.41) is 9.30. The number of aliphatic hydroxyl groups is 1. The largest absolute Gasteiger partial charge is 0.392 e. The molecule has 0 aliphatic rings. The van der Waals surface area contributed by atoms with Gasteiger partial charge in [0.2, 0.25) is 0 Å². The van der Waals surface area contributed by atoms with Gasteiger partial charge in [-0.1, -0.05) is 18.2 Å². The Morgan fingerprint density at radius 2 is 1.82 bits per heavy atom. The predicted octanol–water partition coefficient (Wildman–Crippen LogP) is 2.21. The Hall–Kier alpha value is -1.87. The third kappa shape index (κ3) is 2.82. The lowest BCUT2D eigenvalue weighted by Crippen LogP contribution is -2.17. The normalized spacial score (nSPS) is 10.2. The second-order valence-electron chi connectivity index (χ2n) is 4.00. The molecule has 1 heterocycles. The number of rotatable bonds is 4. The first-order valence-corrected chi connectivity index (χ1v) is 5.60. The summed E-state index contributed by atoms with van der Waals surface area (Å²) in [7, 11) is 2.02. The Labute approximate surface area is 101 Å². The number of para-hydroxylation sites is 1. The van der Waals surface area contributed by atoms with Crippen molar-refractivity contribution in [1.29, 1.82) is 0 Å². The Morgan fingerprint density at radius 1 is 1.12 bits per heavy atom. The lowest BCUT2D eigenvalue weighted by atomic mass is 10.1. The van der Waals surface area contributed by atoms with E-state index in [-0.39, 0.29) is 6.61 Å². The lowest BCUT2D eigenvalue weighted by Gasteiger charge is -2.21. The molecule has 0 radical (unpaired) electrons. The van der Waals surface area contributed by atoms with Crippen molar-refractivity contribution in [3.63, 3.8) is 0 Å². The highest BCUT2D eigenvalue weighted by Gasteiger charge is 2.06. The minimum atomic E-state index is 0.0663. The number of benzene rings is 1. The molecule has 0 aliphatic heterocycles. The van der Waals surface area contributed by atoms with Crippen LogP contribution in [0.2, 0.25) is 0 Å². The minimum absolute atomic E-state index is 0.0663. The van der Waals surface area contributed by atoms with Gasteiger partial charge in [-0.2, -0.15) is 0 Å². The molecule has 0 aliphatic carbocycles. The molecular formula is C14H16N2O. The zero-order valence-corrected chi connectivity index (χ0v) is 9.87. The molecule has 0 spiro atoms. The first-order valence-electron chi connectivity index (χ1n) is 5.60.